The fourth-order valence-electron chi connectivity index (χ4n) is 3.19. The van der Waals surface area contributed by atoms with Crippen molar-refractivity contribution in [3.05, 3.63) is 30.2 Å². The number of hydrogen-bond acceptors (Lipinski definition) is 5. The van der Waals surface area contributed by atoms with Crippen molar-refractivity contribution in [1.82, 2.24) is 25.8 Å². The molecule has 1 aliphatic carbocycles. The standard InChI is InChI=1S/C18H26N6O/c1-13-6-5-7-14(12-13)22-18(19-2)21-11-9-16-23-17(25-24-16)15-8-3-4-10-20-15/h3-4,8,10,13-14H,5-7,9,11-12H2,1-2H3,(H2,19,21,22). The van der Waals surface area contributed by atoms with E-state index in [0.29, 0.717) is 36.4 Å². The molecule has 7 nitrogen and oxygen atoms in total. The van der Waals surface area contributed by atoms with Crippen LogP contribution in [0.1, 0.15) is 38.4 Å². The Balaban J connectivity index is 1.46. The molecule has 0 bridgehead atoms. The first-order valence-corrected chi connectivity index (χ1v) is 8.95. The van der Waals surface area contributed by atoms with Crippen LogP contribution in [0.25, 0.3) is 11.6 Å². The highest BCUT2D eigenvalue weighted by atomic mass is 16.5. The zero-order valence-electron chi connectivity index (χ0n) is 14.9. The van der Waals surface area contributed by atoms with E-state index in [1.807, 2.05) is 18.2 Å². The third kappa shape index (κ3) is 5.01. The second kappa shape index (κ2) is 8.60. The Hall–Kier alpha value is -2.44. The molecule has 0 aliphatic heterocycles. The summed E-state index contributed by atoms with van der Waals surface area (Å²) in [7, 11) is 1.80. The van der Waals surface area contributed by atoms with Crippen LogP contribution >= 0.6 is 0 Å². The van der Waals surface area contributed by atoms with Gasteiger partial charge in [-0.3, -0.25) is 9.98 Å². The maximum absolute atomic E-state index is 5.27. The van der Waals surface area contributed by atoms with E-state index < -0.39 is 0 Å². The largest absolute Gasteiger partial charge is 0.356 e. The maximum Gasteiger partial charge on any atom is 0.276 e. The molecule has 2 atom stereocenters. The molecule has 1 aliphatic rings. The summed E-state index contributed by atoms with van der Waals surface area (Å²) in [5.41, 5.74) is 0.693. The predicted molar refractivity (Wildman–Crippen MR) is 97.2 cm³/mol. The molecule has 0 spiro atoms. The average Bonchev–Trinajstić information content (AvgIpc) is 3.10. The highest BCUT2D eigenvalue weighted by molar-refractivity contribution is 5.79. The molecule has 2 aromatic heterocycles. The van der Waals surface area contributed by atoms with Gasteiger partial charge in [0, 0.05) is 32.3 Å². The van der Waals surface area contributed by atoms with Gasteiger partial charge in [0.2, 0.25) is 0 Å². The van der Waals surface area contributed by atoms with Crippen molar-refractivity contribution in [2.75, 3.05) is 13.6 Å². The van der Waals surface area contributed by atoms with Crippen molar-refractivity contribution in [2.45, 2.75) is 45.1 Å². The monoisotopic (exact) mass is 342 g/mol. The lowest BCUT2D eigenvalue weighted by Gasteiger charge is -2.28. The first-order chi connectivity index (χ1) is 12.2. The molecule has 2 aromatic rings. The summed E-state index contributed by atoms with van der Waals surface area (Å²) in [6.07, 6.45) is 7.42. The Labute approximate surface area is 148 Å². The van der Waals surface area contributed by atoms with Gasteiger partial charge in [-0.05, 0) is 30.9 Å². The summed E-state index contributed by atoms with van der Waals surface area (Å²) in [5.74, 6) is 2.74. The Morgan fingerprint density at radius 1 is 1.36 bits per heavy atom. The van der Waals surface area contributed by atoms with Gasteiger partial charge in [-0.2, -0.15) is 4.98 Å². The first kappa shape index (κ1) is 17.4. The van der Waals surface area contributed by atoms with E-state index in [1.165, 1.54) is 25.7 Å². The highest BCUT2D eigenvalue weighted by Crippen LogP contribution is 2.23. The van der Waals surface area contributed by atoms with Gasteiger partial charge in [-0.25, -0.2) is 0 Å². The highest BCUT2D eigenvalue weighted by Gasteiger charge is 2.19. The number of hydrogen-bond donors (Lipinski definition) is 2. The molecule has 0 aromatic carbocycles. The molecule has 25 heavy (non-hydrogen) atoms. The van der Waals surface area contributed by atoms with Crippen LogP contribution in [0.3, 0.4) is 0 Å². The van der Waals surface area contributed by atoms with E-state index >= 15 is 0 Å². The lowest BCUT2D eigenvalue weighted by Crippen LogP contribution is -2.45. The Morgan fingerprint density at radius 3 is 3.04 bits per heavy atom. The van der Waals surface area contributed by atoms with Crippen molar-refractivity contribution >= 4 is 5.96 Å². The smallest absolute Gasteiger partial charge is 0.276 e. The van der Waals surface area contributed by atoms with E-state index in [2.05, 4.69) is 37.7 Å². The number of aliphatic imine (C=N–C) groups is 1. The summed E-state index contributed by atoms with van der Waals surface area (Å²) >= 11 is 0. The van der Waals surface area contributed by atoms with E-state index in [1.54, 1.807) is 13.2 Å². The van der Waals surface area contributed by atoms with E-state index in [0.717, 1.165) is 11.9 Å². The van der Waals surface area contributed by atoms with Gasteiger partial charge in [0.15, 0.2) is 11.8 Å². The number of nitrogens with zero attached hydrogens (tertiary/aromatic N) is 4. The molecule has 1 fully saturated rings. The molecular formula is C18H26N6O. The van der Waals surface area contributed by atoms with Crippen molar-refractivity contribution in [3.63, 3.8) is 0 Å². The van der Waals surface area contributed by atoms with Gasteiger partial charge < -0.3 is 15.2 Å². The van der Waals surface area contributed by atoms with Gasteiger partial charge in [0.05, 0.1) is 0 Å². The summed E-state index contributed by atoms with van der Waals surface area (Å²) in [6, 6.07) is 6.12. The van der Waals surface area contributed by atoms with Crippen molar-refractivity contribution in [3.8, 4) is 11.6 Å². The van der Waals surface area contributed by atoms with Crippen LogP contribution < -0.4 is 10.6 Å². The maximum atomic E-state index is 5.27. The third-order valence-electron chi connectivity index (χ3n) is 4.49. The fourth-order valence-corrected chi connectivity index (χ4v) is 3.19. The second-order valence-electron chi connectivity index (χ2n) is 6.59. The number of pyridine rings is 1. The fraction of sp³-hybridized carbons (Fsp3) is 0.556. The summed E-state index contributed by atoms with van der Waals surface area (Å²) in [5, 5.41) is 10.9. The van der Waals surface area contributed by atoms with E-state index in [9.17, 15) is 0 Å². The molecule has 3 rings (SSSR count). The SMILES string of the molecule is CN=C(NCCc1noc(-c2ccccn2)n1)NC1CCCC(C)C1. The van der Waals surface area contributed by atoms with Crippen LogP contribution in [0, 0.1) is 5.92 Å². The molecule has 2 N–H and O–H groups in total. The molecule has 0 radical (unpaired) electrons. The normalized spacial score (nSPS) is 21.1. The van der Waals surface area contributed by atoms with Crippen LogP contribution in [0.15, 0.2) is 33.9 Å². The molecule has 2 heterocycles. The zero-order chi connectivity index (χ0) is 17.5. The number of guanidine groups is 1. The minimum Gasteiger partial charge on any atom is -0.356 e. The van der Waals surface area contributed by atoms with Crippen LogP contribution in [0.2, 0.25) is 0 Å². The zero-order valence-corrected chi connectivity index (χ0v) is 14.9. The van der Waals surface area contributed by atoms with Crippen molar-refractivity contribution in [1.29, 1.82) is 0 Å². The quantitative estimate of drug-likeness (QED) is 0.641. The molecular weight excluding hydrogens is 316 g/mol. The van der Waals surface area contributed by atoms with Gasteiger partial charge in [0.25, 0.3) is 5.89 Å². The minimum atomic E-state index is 0.453. The first-order valence-electron chi connectivity index (χ1n) is 8.95. The summed E-state index contributed by atoms with van der Waals surface area (Å²) in [4.78, 5) is 12.9. The minimum absolute atomic E-state index is 0.453. The predicted octanol–water partition coefficient (Wildman–Crippen LogP) is 2.42. The van der Waals surface area contributed by atoms with Crippen molar-refractivity contribution in [2.24, 2.45) is 10.9 Å². The summed E-state index contributed by atoms with van der Waals surface area (Å²) in [6.45, 7) is 3.02. The van der Waals surface area contributed by atoms with Gasteiger partial charge in [-0.1, -0.05) is 31.0 Å². The topological polar surface area (TPSA) is 88.2 Å². The number of nitrogens with one attached hydrogen (secondary N) is 2. The van der Waals surface area contributed by atoms with Crippen molar-refractivity contribution < 1.29 is 4.52 Å². The molecule has 0 amide bonds. The summed E-state index contributed by atoms with van der Waals surface area (Å²) < 4.78 is 5.27. The van der Waals surface area contributed by atoms with E-state index in [4.69, 9.17) is 4.52 Å². The van der Waals surface area contributed by atoms with Crippen LogP contribution in [-0.4, -0.2) is 40.7 Å². The third-order valence-corrected chi connectivity index (χ3v) is 4.49. The molecule has 1 saturated carbocycles. The molecule has 7 heteroatoms. The average molecular weight is 342 g/mol. The lowest BCUT2D eigenvalue weighted by molar-refractivity contribution is 0.324. The number of rotatable bonds is 5. The molecule has 0 saturated heterocycles. The van der Waals surface area contributed by atoms with Crippen LogP contribution in [-0.2, 0) is 6.42 Å². The Kier molecular flexibility index (Phi) is 5.98. The number of aromatic nitrogens is 3. The van der Waals surface area contributed by atoms with E-state index in [-0.39, 0.29) is 0 Å². The second-order valence-corrected chi connectivity index (χ2v) is 6.59. The van der Waals surface area contributed by atoms with Gasteiger partial charge in [0.1, 0.15) is 5.69 Å². The van der Waals surface area contributed by atoms with Crippen LogP contribution in [0.5, 0.6) is 0 Å². The molecule has 2 unspecified atom stereocenters. The Bertz CT molecular complexity index is 684. The van der Waals surface area contributed by atoms with Gasteiger partial charge in [-0.15, -0.1) is 0 Å². The van der Waals surface area contributed by atoms with Crippen LogP contribution in [0.4, 0.5) is 0 Å². The van der Waals surface area contributed by atoms with Gasteiger partial charge >= 0.3 is 0 Å². The molecule has 134 valence electrons. The Morgan fingerprint density at radius 2 is 2.28 bits per heavy atom. The lowest BCUT2D eigenvalue weighted by atomic mass is 9.87.